The van der Waals surface area contributed by atoms with E-state index >= 15 is 0 Å². The summed E-state index contributed by atoms with van der Waals surface area (Å²) in [5.74, 6) is 0.593. The minimum absolute atomic E-state index is 0.285. The number of methoxy groups -OCH3 is 1. The van der Waals surface area contributed by atoms with Gasteiger partial charge in [-0.05, 0) is 58.6 Å². The fourth-order valence-corrected chi connectivity index (χ4v) is 3.81. The Morgan fingerprint density at radius 1 is 1.08 bits per heavy atom. The molecule has 9 nitrogen and oxygen atoms in total. The van der Waals surface area contributed by atoms with Crippen molar-refractivity contribution in [2.45, 2.75) is 91.5 Å². The summed E-state index contributed by atoms with van der Waals surface area (Å²) < 4.78 is 10.1. The molecule has 0 saturated heterocycles. The van der Waals surface area contributed by atoms with Gasteiger partial charge in [0.25, 0.3) is 0 Å². The zero-order valence-electron chi connectivity index (χ0n) is 24.1. The maximum Gasteiger partial charge on any atom is 0.408 e. The Labute approximate surface area is 227 Å². The standard InChI is InChI=1S/C29H43N3O6/c1-11-19(4)23(31-27(36)38-28(5,6)7)26(35)32(29(8,9)13-3)24(25(34)30-18-22(33)37-10)21-17-15-14-16-20(21)12-2/h2,14-17,19,23-24H,11,13,18H2,1,3-10H3,(H,30,34)(H,31,36). The van der Waals surface area contributed by atoms with E-state index in [1.165, 1.54) is 12.0 Å². The predicted octanol–water partition coefficient (Wildman–Crippen LogP) is 3.95. The van der Waals surface area contributed by atoms with E-state index in [4.69, 9.17) is 11.2 Å². The smallest absolute Gasteiger partial charge is 0.408 e. The summed E-state index contributed by atoms with van der Waals surface area (Å²) >= 11 is 0. The van der Waals surface area contributed by atoms with Gasteiger partial charge in [-0.2, -0.15) is 0 Å². The van der Waals surface area contributed by atoms with Crippen LogP contribution >= 0.6 is 0 Å². The van der Waals surface area contributed by atoms with E-state index in [0.29, 0.717) is 24.0 Å². The number of esters is 1. The number of nitrogens with zero attached hydrogens (tertiary/aromatic N) is 1. The van der Waals surface area contributed by atoms with Crippen molar-refractivity contribution in [3.05, 3.63) is 35.4 Å². The number of hydrogen-bond donors (Lipinski definition) is 2. The van der Waals surface area contributed by atoms with Crippen LogP contribution in [-0.4, -0.2) is 59.6 Å². The van der Waals surface area contributed by atoms with Crippen molar-refractivity contribution < 1.29 is 28.7 Å². The minimum atomic E-state index is -1.19. The molecule has 0 heterocycles. The molecule has 0 bridgehead atoms. The molecule has 0 spiro atoms. The third-order valence-corrected chi connectivity index (χ3v) is 6.46. The predicted molar refractivity (Wildman–Crippen MR) is 146 cm³/mol. The third kappa shape index (κ3) is 8.79. The Balaban J connectivity index is 3.76. The average Bonchev–Trinajstić information content (AvgIpc) is 2.86. The second-order valence-electron chi connectivity index (χ2n) is 10.8. The summed E-state index contributed by atoms with van der Waals surface area (Å²) in [6, 6.07) is 4.65. The van der Waals surface area contributed by atoms with Gasteiger partial charge >= 0.3 is 12.1 Å². The summed E-state index contributed by atoms with van der Waals surface area (Å²) in [5, 5.41) is 5.32. The Morgan fingerprint density at radius 2 is 1.68 bits per heavy atom. The van der Waals surface area contributed by atoms with Crippen molar-refractivity contribution in [3.8, 4) is 12.3 Å². The topological polar surface area (TPSA) is 114 Å². The lowest BCUT2D eigenvalue weighted by Crippen LogP contribution is -2.61. The zero-order valence-corrected chi connectivity index (χ0v) is 24.1. The van der Waals surface area contributed by atoms with Crippen LogP contribution in [0.3, 0.4) is 0 Å². The van der Waals surface area contributed by atoms with Gasteiger partial charge in [-0.3, -0.25) is 14.4 Å². The molecule has 3 unspecified atom stereocenters. The molecule has 0 saturated carbocycles. The fourth-order valence-electron chi connectivity index (χ4n) is 3.81. The van der Waals surface area contributed by atoms with Crippen LogP contribution in [0.1, 0.15) is 85.4 Å². The summed E-state index contributed by atoms with van der Waals surface area (Å²) in [5.41, 5.74) is -0.770. The van der Waals surface area contributed by atoms with Crippen LogP contribution < -0.4 is 10.6 Å². The lowest BCUT2D eigenvalue weighted by atomic mass is 9.88. The van der Waals surface area contributed by atoms with Crippen molar-refractivity contribution >= 4 is 23.9 Å². The minimum Gasteiger partial charge on any atom is -0.468 e. The van der Waals surface area contributed by atoms with Gasteiger partial charge in [-0.15, -0.1) is 6.42 Å². The summed E-state index contributed by atoms with van der Waals surface area (Å²) in [7, 11) is 1.22. The van der Waals surface area contributed by atoms with Crippen molar-refractivity contribution in [1.82, 2.24) is 15.5 Å². The molecule has 3 atom stereocenters. The number of terminal acetylenes is 1. The first-order valence-corrected chi connectivity index (χ1v) is 12.9. The Bertz CT molecular complexity index is 1040. The van der Waals surface area contributed by atoms with Crippen molar-refractivity contribution in [3.63, 3.8) is 0 Å². The fraction of sp³-hybridized carbons (Fsp3) is 0.586. The normalized spacial score (nSPS) is 13.8. The molecule has 0 aliphatic rings. The van der Waals surface area contributed by atoms with E-state index in [1.54, 1.807) is 45.0 Å². The molecule has 0 aliphatic heterocycles. The number of ether oxygens (including phenoxy) is 2. The van der Waals surface area contributed by atoms with Gasteiger partial charge in [0.05, 0.1) is 7.11 Å². The van der Waals surface area contributed by atoms with E-state index in [2.05, 4.69) is 21.3 Å². The number of rotatable bonds is 11. The number of carbonyl (C=O) groups excluding carboxylic acids is 4. The SMILES string of the molecule is C#Cc1ccccc1C(C(=O)NCC(=O)OC)N(C(=O)C(NC(=O)OC(C)(C)C)C(C)CC)C(C)(C)CC. The summed E-state index contributed by atoms with van der Waals surface area (Å²) in [6.45, 7) is 14.1. The number of nitrogens with one attached hydrogen (secondary N) is 2. The molecule has 0 fully saturated rings. The highest BCUT2D eigenvalue weighted by Gasteiger charge is 2.44. The molecule has 3 amide bonds. The van der Waals surface area contributed by atoms with Gasteiger partial charge in [-0.1, -0.05) is 51.3 Å². The second-order valence-corrected chi connectivity index (χ2v) is 10.8. The molecule has 0 radical (unpaired) electrons. The van der Waals surface area contributed by atoms with Crippen LogP contribution in [0.15, 0.2) is 24.3 Å². The maximum atomic E-state index is 14.4. The van der Waals surface area contributed by atoms with Crippen molar-refractivity contribution in [2.24, 2.45) is 5.92 Å². The molecule has 1 rings (SSSR count). The molecular weight excluding hydrogens is 486 g/mol. The monoisotopic (exact) mass is 529 g/mol. The highest BCUT2D eigenvalue weighted by Crippen LogP contribution is 2.34. The molecule has 0 aliphatic carbocycles. The van der Waals surface area contributed by atoms with Gasteiger partial charge in [0.1, 0.15) is 24.2 Å². The molecule has 210 valence electrons. The second kappa shape index (κ2) is 13.8. The van der Waals surface area contributed by atoms with Crippen molar-refractivity contribution in [1.29, 1.82) is 0 Å². The van der Waals surface area contributed by atoms with Gasteiger partial charge in [-0.25, -0.2) is 4.79 Å². The molecule has 2 N–H and O–H groups in total. The Morgan fingerprint density at radius 3 is 2.18 bits per heavy atom. The molecular formula is C29H43N3O6. The number of carbonyl (C=O) groups is 4. The molecule has 38 heavy (non-hydrogen) atoms. The largest absolute Gasteiger partial charge is 0.468 e. The van der Waals surface area contributed by atoms with Gasteiger partial charge in [0.2, 0.25) is 11.8 Å². The number of amides is 3. The van der Waals surface area contributed by atoms with E-state index in [1.807, 2.05) is 34.6 Å². The van der Waals surface area contributed by atoms with E-state index in [-0.39, 0.29) is 12.5 Å². The Hall–Kier alpha value is -3.54. The summed E-state index contributed by atoms with van der Waals surface area (Å²) in [4.78, 5) is 54.2. The van der Waals surface area contributed by atoms with E-state index in [9.17, 15) is 19.2 Å². The third-order valence-electron chi connectivity index (χ3n) is 6.46. The van der Waals surface area contributed by atoms with Gasteiger partial charge in [0.15, 0.2) is 0 Å². The molecule has 1 aromatic carbocycles. The first-order valence-electron chi connectivity index (χ1n) is 12.9. The van der Waals surface area contributed by atoms with Crippen LogP contribution in [0.25, 0.3) is 0 Å². The van der Waals surface area contributed by atoms with Crippen LogP contribution in [0.2, 0.25) is 0 Å². The molecule has 0 aromatic heterocycles. The molecule has 9 heteroatoms. The lowest BCUT2D eigenvalue weighted by molar-refractivity contribution is -0.151. The van der Waals surface area contributed by atoms with E-state index in [0.717, 1.165) is 0 Å². The van der Waals surface area contributed by atoms with E-state index < -0.39 is 47.1 Å². The average molecular weight is 530 g/mol. The lowest BCUT2D eigenvalue weighted by Gasteiger charge is -2.45. The first kappa shape index (κ1) is 32.5. The number of alkyl carbamates (subject to hydrolysis) is 1. The van der Waals surface area contributed by atoms with Crippen LogP contribution in [0.4, 0.5) is 4.79 Å². The quantitative estimate of drug-likeness (QED) is 0.331. The van der Waals surface area contributed by atoms with Crippen LogP contribution in [0.5, 0.6) is 0 Å². The maximum absolute atomic E-state index is 14.4. The highest BCUT2D eigenvalue weighted by molar-refractivity contribution is 5.94. The van der Waals surface area contributed by atoms with Crippen molar-refractivity contribution in [2.75, 3.05) is 13.7 Å². The van der Waals surface area contributed by atoms with Crippen LogP contribution in [-0.2, 0) is 23.9 Å². The highest BCUT2D eigenvalue weighted by atomic mass is 16.6. The number of hydrogen-bond acceptors (Lipinski definition) is 6. The first-order chi connectivity index (χ1) is 17.6. The van der Waals surface area contributed by atoms with Crippen LogP contribution in [0, 0.1) is 18.3 Å². The van der Waals surface area contributed by atoms with Gasteiger partial charge in [0, 0.05) is 11.1 Å². The molecule has 1 aromatic rings. The summed E-state index contributed by atoms with van der Waals surface area (Å²) in [6.07, 6.45) is 6.10. The Kier molecular flexibility index (Phi) is 11.8. The van der Waals surface area contributed by atoms with Gasteiger partial charge < -0.3 is 25.0 Å². The zero-order chi connectivity index (χ0) is 29.3. The number of benzene rings is 1.